The number of esters is 1. The molecule has 0 radical (unpaired) electrons. The summed E-state index contributed by atoms with van der Waals surface area (Å²) in [6.07, 6.45) is 4.39. The van der Waals surface area contributed by atoms with E-state index in [2.05, 4.69) is 34.2 Å². The van der Waals surface area contributed by atoms with E-state index < -0.39 is 5.97 Å². The van der Waals surface area contributed by atoms with E-state index in [4.69, 9.17) is 4.74 Å². The van der Waals surface area contributed by atoms with Gasteiger partial charge in [-0.25, -0.2) is 14.3 Å². The van der Waals surface area contributed by atoms with Crippen LogP contribution in [0.1, 0.15) is 61.5 Å². The standard InChI is InChI=1S/C18H27N5O3/c1-5-7-8-14(6-2)10-19-15(24)11-26-17(25)16-21-18-20-12(3)9-13(4)23(18)22-16/h9,14H,5-8,10-11H2,1-4H3,(H,19,24)/t14-/m0/s1. The van der Waals surface area contributed by atoms with Crippen LogP contribution in [0.2, 0.25) is 0 Å². The second kappa shape index (κ2) is 9.26. The molecule has 1 amide bonds. The average molecular weight is 361 g/mol. The molecule has 26 heavy (non-hydrogen) atoms. The van der Waals surface area contributed by atoms with Gasteiger partial charge in [-0.3, -0.25) is 4.79 Å². The van der Waals surface area contributed by atoms with Crippen molar-refractivity contribution in [2.24, 2.45) is 5.92 Å². The van der Waals surface area contributed by atoms with E-state index >= 15 is 0 Å². The third-order valence-corrected chi connectivity index (χ3v) is 4.27. The summed E-state index contributed by atoms with van der Waals surface area (Å²) >= 11 is 0. The molecule has 0 fully saturated rings. The lowest BCUT2D eigenvalue weighted by atomic mass is 9.99. The molecule has 0 saturated carbocycles. The Kier molecular flexibility index (Phi) is 7.06. The number of aromatic nitrogens is 4. The van der Waals surface area contributed by atoms with E-state index in [1.165, 1.54) is 4.52 Å². The van der Waals surface area contributed by atoms with Crippen LogP contribution >= 0.6 is 0 Å². The molecule has 2 aromatic heterocycles. The topological polar surface area (TPSA) is 98.5 Å². The Morgan fingerprint density at radius 1 is 1.27 bits per heavy atom. The van der Waals surface area contributed by atoms with Gasteiger partial charge in [0.05, 0.1) is 0 Å². The zero-order valence-corrected chi connectivity index (χ0v) is 15.9. The second-order valence-corrected chi connectivity index (χ2v) is 6.48. The van der Waals surface area contributed by atoms with Gasteiger partial charge in [0, 0.05) is 17.9 Å². The number of amides is 1. The van der Waals surface area contributed by atoms with Gasteiger partial charge in [-0.05, 0) is 32.3 Å². The molecule has 1 atom stereocenters. The summed E-state index contributed by atoms with van der Waals surface area (Å²) in [6.45, 7) is 8.21. The smallest absolute Gasteiger partial charge is 0.378 e. The van der Waals surface area contributed by atoms with Crippen molar-refractivity contribution in [3.05, 3.63) is 23.3 Å². The lowest BCUT2D eigenvalue weighted by Crippen LogP contribution is -2.33. The van der Waals surface area contributed by atoms with E-state index in [1.807, 2.05) is 19.9 Å². The third-order valence-electron chi connectivity index (χ3n) is 4.27. The lowest BCUT2D eigenvalue weighted by Gasteiger charge is -2.15. The van der Waals surface area contributed by atoms with Gasteiger partial charge in [0.1, 0.15) is 0 Å². The van der Waals surface area contributed by atoms with Crippen LogP contribution in [0.25, 0.3) is 5.78 Å². The molecule has 0 spiro atoms. The molecule has 2 heterocycles. The SMILES string of the molecule is CCCC[C@H](CC)CNC(=O)COC(=O)c1nc2nc(C)cc(C)n2n1. The molecule has 0 unspecified atom stereocenters. The number of nitrogens with zero attached hydrogens (tertiary/aromatic N) is 4. The van der Waals surface area contributed by atoms with Gasteiger partial charge in [-0.2, -0.15) is 4.98 Å². The van der Waals surface area contributed by atoms with Gasteiger partial charge in [0.15, 0.2) is 6.61 Å². The minimum Gasteiger partial charge on any atom is -0.450 e. The number of ether oxygens (including phenoxy) is 1. The highest BCUT2D eigenvalue weighted by molar-refractivity contribution is 5.88. The van der Waals surface area contributed by atoms with Crippen LogP contribution in [0.15, 0.2) is 6.07 Å². The maximum Gasteiger partial charge on any atom is 0.378 e. The molecule has 0 aliphatic rings. The first-order chi connectivity index (χ1) is 12.4. The van der Waals surface area contributed by atoms with Gasteiger partial charge in [0.2, 0.25) is 0 Å². The molecule has 8 nitrogen and oxygen atoms in total. The summed E-state index contributed by atoms with van der Waals surface area (Å²) in [7, 11) is 0. The zero-order valence-electron chi connectivity index (χ0n) is 15.9. The molecule has 2 aromatic rings. The van der Waals surface area contributed by atoms with Crippen molar-refractivity contribution in [2.45, 2.75) is 53.4 Å². The molecule has 0 aliphatic heterocycles. The van der Waals surface area contributed by atoms with Gasteiger partial charge in [0.25, 0.3) is 17.5 Å². The van der Waals surface area contributed by atoms with Crippen LogP contribution in [-0.2, 0) is 9.53 Å². The van der Waals surface area contributed by atoms with Crippen LogP contribution in [0, 0.1) is 19.8 Å². The van der Waals surface area contributed by atoms with Gasteiger partial charge in [-0.1, -0.05) is 33.1 Å². The lowest BCUT2D eigenvalue weighted by molar-refractivity contribution is -0.124. The van der Waals surface area contributed by atoms with Crippen LogP contribution in [0.5, 0.6) is 0 Å². The number of unbranched alkanes of at least 4 members (excludes halogenated alkanes) is 1. The Morgan fingerprint density at radius 3 is 2.73 bits per heavy atom. The van der Waals surface area contributed by atoms with Crippen molar-refractivity contribution in [3.63, 3.8) is 0 Å². The average Bonchev–Trinajstić information content (AvgIpc) is 3.04. The van der Waals surface area contributed by atoms with Gasteiger partial charge >= 0.3 is 5.97 Å². The highest BCUT2D eigenvalue weighted by Gasteiger charge is 2.18. The highest BCUT2D eigenvalue weighted by atomic mass is 16.5. The molecular formula is C18H27N5O3. The predicted molar refractivity (Wildman–Crippen MR) is 96.9 cm³/mol. The molecule has 8 heteroatoms. The van der Waals surface area contributed by atoms with E-state index in [9.17, 15) is 9.59 Å². The van der Waals surface area contributed by atoms with Gasteiger partial charge < -0.3 is 10.1 Å². The Labute approximate surface area is 153 Å². The largest absolute Gasteiger partial charge is 0.450 e. The van der Waals surface area contributed by atoms with Crippen molar-refractivity contribution >= 4 is 17.7 Å². The molecule has 142 valence electrons. The van der Waals surface area contributed by atoms with Crippen molar-refractivity contribution < 1.29 is 14.3 Å². The summed E-state index contributed by atoms with van der Waals surface area (Å²) in [5.74, 6) is -0.371. The fourth-order valence-electron chi connectivity index (χ4n) is 2.70. The first-order valence-electron chi connectivity index (χ1n) is 9.09. The fraction of sp³-hybridized carbons (Fsp3) is 0.611. The molecular weight excluding hydrogens is 334 g/mol. The molecule has 2 rings (SSSR count). The van der Waals surface area contributed by atoms with E-state index in [-0.39, 0.29) is 18.3 Å². The summed E-state index contributed by atoms with van der Waals surface area (Å²) in [6, 6.07) is 1.84. The van der Waals surface area contributed by atoms with Crippen molar-refractivity contribution in [3.8, 4) is 0 Å². The van der Waals surface area contributed by atoms with Crippen molar-refractivity contribution in [1.29, 1.82) is 0 Å². The predicted octanol–water partition coefficient (Wildman–Crippen LogP) is 2.23. The van der Waals surface area contributed by atoms with Crippen molar-refractivity contribution in [2.75, 3.05) is 13.2 Å². The molecule has 0 bridgehead atoms. The Hall–Kier alpha value is -2.51. The number of nitrogens with one attached hydrogen (secondary N) is 1. The molecule has 0 aliphatic carbocycles. The summed E-state index contributed by atoms with van der Waals surface area (Å²) in [4.78, 5) is 32.3. The maximum atomic E-state index is 12.1. The minimum absolute atomic E-state index is 0.103. The fourth-order valence-corrected chi connectivity index (χ4v) is 2.70. The van der Waals surface area contributed by atoms with Crippen LogP contribution in [-0.4, -0.2) is 44.6 Å². The number of hydrogen-bond donors (Lipinski definition) is 1. The first-order valence-corrected chi connectivity index (χ1v) is 9.09. The normalized spacial score (nSPS) is 12.2. The Balaban J connectivity index is 1.86. The first kappa shape index (κ1) is 19.8. The second-order valence-electron chi connectivity index (χ2n) is 6.48. The van der Waals surface area contributed by atoms with E-state index in [0.717, 1.165) is 37.1 Å². The van der Waals surface area contributed by atoms with Crippen LogP contribution in [0.4, 0.5) is 0 Å². The highest BCUT2D eigenvalue weighted by Crippen LogP contribution is 2.11. The zero-order chi connectivity index (χ0) is 19.1. The number of carbonyl (C=O) groups is 2. The van der Waals surface area contributed by atoms with Crippen LogP contribution < -0.4 is 5.32 Å². The number of aryl methyl sites for hydroxylation is 2. The van der Waals surface area contributed by atoms with Crippen molar-refractivity contribution in [1.82, 2.24) is 24.9 Å². The summed E-state index contributed by atoms with van der Waals surface area (Å²) in [5, 5.41) is 6.91. The van der Waals surface area contributed by atoms with E-state index in [0.29, 0.717) is 18.2 Å². The summed E-state index contributed by atoms with van der Waals surface area (Å²) in [5.41, 5.74) is 1.60. The quantitative estimate of drug-likeness (QED) is 0.688. The molecule has 1 N–H and O–H groups in total. The third kappa shape index (κ3) is 5.24. The number of carbonyl (C=O) groups excluding carboxylic acids is 2. The Bertz CT molecular complexity index is 772. The van der Waals surface area contributed by atoms with Crippen LogP contribution in [0.3, 0.4) is 0 Å². The number of rotatable bonds is 9. The summed E-state index contributed by atoms with van der Waals surface area (Å²) < 4.78 is 6.49. The molecule has 0 saturated heterocycles. The van der Waals surface area contributed by atoms with Gasteiger partial charge in [-0.15, -0.1) is 5.10 Å². The number of hydrogen-bond acceptors (Lipinski definition) is 6. The maximum absolute atomic E-state index is 12.1. The minimum atomic E-state index is -0.735. The Morgan fingerprint density at radius 2 is 2.04 bits per heavy atom. The van der Waals surface area contributed by atoms with E-state index in [1.54, 1.807) is 0 Å². The monoisotopic (exact) mass is 361 g/mol. The number of fused-ring (bicyclic) bond motifs is 1. The molecule has 0 aromatic carbocycles.